The fourth-order valence-electron chi connectivity index (χ4n) is 10.4. The van der Waals surface area contributed by atoms with Crippen molar-refractivity contribution in [2.75, 3.05) is 17.6 Å². The molecule has 1 unspecified atom stereocenters. The van der Waals surface area contributed by atoms with Crippen molar-refractivity contribution in [1.82, 2.24) is 8.96 Å². The van der Waals surface area contributed by atoms with Crippen molar-refractivity contribution in [1.29, 1.82) is 0 Å². The van der Waals surface area contributed by atoms with Crippen molar-refractivity contribution < 1.29 is 25.8 Å². The first-order valence-electron chi connectivity index (χ1n) is 20.0. The molecule has 7 aromatic rings. The van der Waals surface area contributed by atoms with Crippen molar-refractivity contribution >= 4 is 74.8 Å². The molecule has 58 heavy (non-hydrogen) atoms. The van der Waals surface area contributed by atoms with Gasteiger partial charge in [0.25, 0.3) is 10.0 Å². The van der Waals surface area contributed by atoms with Gasteiger partial charge in [-0.15, -0.1) is 11.3 Å². The number of nitrogens with zero attached hydrogens (tertiary/aromatic N) is 1. The minimum Gasteiger partial charge on any atom is -0.384 e. The van der Waals surface area contributed by atoms with Crippen LogP contribution in [0.4, 0.5) is 5.69 Å². The first-order valence-corrected chi connectivity index (χ1v) is 23.8. The number of hydrogen-bond donors (Lipinski definition) is 2. The van der Waals surface area contributed by atoms with Crippen LogP contribution in [0.25, 0.3) is 31.9 Å². The zero-order chi connectivity index (χ0) is 40.2. The van der Waals surface area contributed by atoms with E-state index in [0.29, 0.717) is 31.3 Å². The Bertz CT molecular complexity index is 3000. The Kier molecular flexibility index (Phi) is 8.57. The maximum Gasteiger partial charge on any atom is 0.310 e. The fourth-order valence-corrected chi connectivity index (χ4v) is 14.6. The number of aromatic nitrogens is 2. The van der Waals surface area contributed by atoms with E-state index in [0.717, 1.165) is 73.8 Å². The van der Waals surface area contributed by atoms with Crippen LogP contribution in [0, 0.1) is 23.7 Å². The maximum atomic E-state index is 14.4. The largest absolute Gasteiger partial charge is 0.384 e. The molecule has 2 fully saturated rings. The highest BCUT2D eigenvalue weighted by atomic mass is 32.2. The summed E-state index contributed by atoms with van der Waals surface area (Å²) in [7, 11) is -8.03. The van der Waals surface area contributed by atoms with Crippen molar-refractivity contribution in [2.24, 2.45) is 16.7 Å². The van der Waals surface area contributed by atoms with E-state index in [-0.39, 0.29) is 34.0 Å². The molecule has 2 bridgehead atoms. The van der Waals surface area contributed by atoms with Gasteiger partial charge in [0.2, 0.25) is 0 Å². The van der Waals surface area contributed by atoms with E-state index in [4.69, 9.17) is 4.18 Å². The number of thiophene rings is 1. The average molecular weight is 832 g/mol. The maximum absolute atomic E-state index is 14.4. The molecular weight excluding hydrogens is 787 g/mol. The predicted octanol–water partition coefficient (Wildman–Crippen LogP) is 9.92. The first kappa shape index (κ1) is 37.4. The SMILES string of the molecule is Cc1ccc(S(=O)(=O)n2cc(Cc3cc4ccccc4s3)c3c4c(ccc32)C(c2c[nH]c3ccc(OS(=O)(=O)C[C@@]56CC[C@@H](CC5=O)C6(C)C)cc23)CCCN4)cc1. The molecule has 0 spiro atoms. The molecule has 0 amide bonds. The van der Waals surface area contributed by atoms with Crippen LogP contribution < -0.4 is 9.50 Å². The number of benzene rings is 4. The quantitative estimate of drug-likeness (QED) is 0.139. The van der Waals surface area contributed by atoms with Gasteiger partial charge in [0.15, 0.2) is 0 Å². The van der Waals surface area contributed by atoms with Gasteiger partial charge in [-0.1, -0.05) is 55.8 Å². The molecule has 2 saturated carbocycles. The summed E-state index contributed by atoms with van der Waals surface area (Å²) in [5, 5.41) is 6.62. The van der Waals surface area contributed by atoms with Crippen molar-refractivity contribution in [3.8, 4) is 5.75 Å². The van der Waals surface area contributed by atoms with Crippen molar-refractivity contribution in [3.05, 3.63) is 124 Å². The van der Waals surface area contributed by atoms with Crippen LogP contribution in [0.15, 0.2) is 102 Å². The highest BCUT2D eigenvalue weighted by Crippen LogP contribution is 2.64. The standard InChI is InChI=1S/C46H45N3O6S3/c1-28-10-13-34(14-11-28)58(53,54)49-26-30(22-33-21-29-7-4-5-9-41(29)56-33)43-40(49)17-15-36-35(8-6-20-47-44(36)43)38-25-48-39-16-12-32(24-37(38)39)55-57(51,52)27-46-19-18-31(23-42(46)50)45(46,2)3/h4-5,7,9-17,21,24-26,31,35,47-48H,6,8,18-20,22-23,27H2,1-3H3/t31-,35?,46-/m0/s1. The van der Waals surface area contributed by atoms with Gasteiger partial charge in [-0.3, -0.25) is 4.79 Å². The van der Waals surface area contributed by atoms with Crippen molar-refractivity contribution in [3.63, 3.8) is 0 Å². The molecule has 12 heteroatoms. The zero-order valence-electron chi connectivity index (χ0n) is 32.7. The van der Waals surface area contributed by atoms with E-state index in [9.17, 15) is 21.6 Å². The molecule has 0 radical (unpaired) electrons. The van der Waals surface area contributed by atoms with E-state index in [1.807, 2.05) is 69.4 Å². The lowest BCUT2D eigenvalue weighted by atomic mass is 9.70. The molecule has 1 aliphatic heterocycles. The van der Waals surface area contributed by atoms with Gasteiger partial charge >= 0.3 is 10.1 Å². The molecule has 0 saturated heterocycles. The summed E-state index contributed by atoms with van der Waals surface area (Å²) in [6, 6.07) is 26.7. The molecule has 2 N–H and O–H groups in total. The summed E-state index contributed by atoms with van der Waals surface area (Å²) in [6.07, 6.45) is 7.89. The molecule has 3 aromatic heterocycles. The van der Waals surface area contributed by atoms with Crippen LogP contribution in [0.5, 0.6) is 5.75 Å². The second-order valence-electron chi connectivity index (χ2n) is 17.1. The Hall–Kier alpha value is -4.91. The van der Waals surface area contributed by atoms with Crippen LogP contribution >= 0.6 is 11.3 Å². The summed E-state index contributed by atoms with van der Waals surface area (Å²) < 4.78 is 64.7. The lowest BCUT2D eigenvalue weighted by molar-refractivity contribution is -0.128. The Morgan fingerprint density at radius 1 is 0.931 bits per heavy atom. The van der Waals surface area contributed by atoms with Gasteiger partial charge < -0.3 is 14.5 Å². The second kappa shape index (κ2) is 13.3. The topological polar surface area (TPSA) is 127 Å². The number of Topliss-reactive ketones (excluding diaryl/α,β-unsaturated/α-hetero) is 1. The van der Waals surface area contributed by atoms with Gasteiger partial charge in [0.05, 0.1) is 21.6 Å². The number of hydrogen-bond acceptors (Lipinski definition) is 8. The second-order valence-corrected chi connectivity index (χ2v) is 21.7. The summed E-state index contributed by atoms with van der Waals surface area (Å²) in [5.41, 5.74) is 5.01. The number of anilines is 1. The molecule has 3 atom stereocenters. The molecule has 3 aliphatic rings. The summed E-state index contributed by atoms with van der Waals surface area (Å²) in [5.74, 6) is 0.0509. The van der Waals surface area contributed by atoms with Crippen LogP contribution in [0.3, 0.4) is 0 Å². The molecular formula is C46H45N3O6S3. The molecule has 4 heterocycles. The highest BCUT2D eigenvalue weighted by molar-refractivity contribution is 7.90. The van der Waals surface area contributed by atoms with Gasteiger partial charge in [-0.2, -0.15) is 8.42 Å². The first-order chi connectivity index (χ1) is 27.7. The summed E-state index contributed by atoms with van der Waals surface area (Å²) in [4.78, 5) is 18.0. The monoisotopic (exact) mass is 831 g/mol. The third-order valence-corrected chi connectivity index (χ3v) is 17.8. The van der Waals surface area contributed by atoms with Gasteiger partial charge in [0, 0.05) is 69.3 Å². The minimum absolute atomic E-state index is 0.0362. The predicted molar refractivity (Wildman–Crippen MR) is 231 cm³/mol. The molecule has 298 valence electrons. The summed E-state index contributed by atoms with van der Waals surface area (Å²) in [6.45, 7) is 6.70. The van der Waals surface area contributed by atoms with Crippen molar-refractivity contribution in [2.45, 2.75) is 70.1 Å². The molecule has 9 nitrogen and oxygen atoms in total. The van der Waals surface area contributed by atoms with Crippen LogP contribution in [0.1, 0.15) is 79.0 Å². The van der Waals surface area contributed by atoms with E-state index >= 15 is 0 Å². The number of aryl methyl sites for hydroxylation is 1. The lowest BCUT2D eigenvalue weighted by Crippen LogP contribution is -2.43. The van der Waals surface area contributed by atoms with Gasteiger partial charge in [0.1, 0.15) is 11.5 Å². The number of nitrogens with one attached hydrogen (secondary N) is 2. The Morgan fingerprint density at radius 3 is 2.50 bits per heavy atom. The number of carbonyl (C=O) groups is 1. The van der Waals surface area contributed by atoms with Crippen LogP contribution in [-0.4, -0.2) is 43.9 Å². The number of fused-ring (bicyclic) bond motifs is 7. The smallest absolute Gasteiger partial charge is 0.310 e. The molecule has 10 rings (SSSR count). The number of ketones is 1. The van der Waals surface area contributed by atoms with E-state index < -0.39 is 31.0 Å². The average Bonchev–Trinajstić information content (AvgIpc) is 3.94. The van der Waals surface area contributed by atoms with Gasteiger partial charge in [-0.25, -0.2) is 12.4 Å². The summed E-state index contributed by atoms with van der Waals surface area (Å²) >= 11 is 1.72. The molecule has 4 aromatic carbocycles. The number of aromatic amines is 1. The van der Waals surface area contributed by atoms with Gasteiger partial charge in [-0.05, 0) is 115 Å². The van der Waals surface area contributed by atoms with E-state index in [1.54, 1.807) is 41.8 Å². The fraction of sp³-hybridized carbons (Fsp3) is 0.326. The normalized spacial score (nSPS) is 21.7. The van der Waals surface area contributed by atoms with Crippen LogP contribution in [0.2, 0.25) is 0 Å². The number of rotatable bonds is 9. The van der Waals surface area contributed by atoms with Crippen LogP contribution in [-0.2, 0) is 31.4 Å². The number of H-pyrrole nitrogens is 1. The Balaban J connectivity index is 1.06. The Labute approximate surface area is 342 Å². The Morgan fingerprint density at radius 2 is 1.74 bits per heavy atom. The number of carbonyl (C=O) groups excluding carboxylic acids is 1. The zero-order valence-corrected chi connectivity index (χ0v) is 35.1. The molecule has 2 aliphatic carbocycles. The highest BCUT2D eigenvalue weighted by Gasteiger charge is 2.65. The minimum atomic E-state index is -4.10. The lowest BCUT2D eigenvalue weighted by Gasteiger charge is -2.35. The van der Waals surface area contributed by atoms with E-state index in [1.165, 1.54) is 8.67 Å². The third kappa shape index (κ3) is 5.85. The van der Waals surface area contributed by atoms with E-state index in [2.05, 4.69) is 28.5 Å². The third-order valence-electron chi connectivity index (χ3n) is 13.7.